The van der Waals surface area contributed by atoms with Gasteiger partial charge in [0.25, 0.3) is 11.5 Å². The van der Waals surface area contributed by atoms with Crippen molar-refractivity contribution in [3.05, 3.63) is 86.4 Å². The summed E-state index contributed by atoms with van der Waals surface area (Å²) in [5.41, 5.74) is -4.25. The number of alkyl halides is 3. The van der Waals surface area contributed by atoms with Crippen LogP contribution >= 0.6 is 0 Å². The molecule has 30 heavy (non-hydrogen) atoms. The fourth-order valence-electron chi connectivity index (χ4n) is 2.64. The Balaban J connectivity index is 2.00. The maximum Gasteiger partial charge on any atom is 0.419 e. The van der Waals surface area contributed by atoms with Crippen molar-refractivity contribution in [2.75, 3.05) is 12.4 Å². The van der Waals surface area contributed by atoms with Crippen LogP contribution in [0.15, 0.2) is 58.3 Å². The molecule has 3 rings (SSSR count). The molecule has 0 atom stereocenters. The van der Waals surface area contributed by atoms with Gasteiger partial charge in [-0.15, -0.1) is 0 Å². The normalized spacial score (nSPS) is 11.2. The van der Waals surface area contributed by atoms with Gasteiger partial charge in [0.05, 0.1) is 18.4 Å². The van der Waals surface area contributed by atoms with Crippen molar-refractivity contribution in [3.8, 4) is 11.4 Å². The van der Waals surface area contributed by atoms with Gasteiger partial charge in [-0.3, -0.25) is 9.59 Å². The maximum absolute atomic E-state index is 13.4. The predicted molar refractivity (Wildman–Crippen MR) is 98.6 cm³/mol. The number of rotatable bonds is 4. The molecule has 1 heterocycles. The molecule has 11 heteroatoms. The zero-order valence-corrected chi connectivity index (χ0v) is 15.2. The molecule has 0 fully saturated rings. The Kier molecular flexibility index (Phi) is 5.45. The van der Waals surface area contributed by atoms with Crippen molar-refractivity contribution >= 4 is 11.6 Å². The summed E-state index contributed by atoms with van der Waals surface area (Å²) in [7, 11) is 1.38. The van der Waals surface area contributed by atoms with Gasteiger partial charge in [0.15, 0.2) is 0 Å². The Morgan fingerprint density at radius 1 is 1.13 bits per heavy atom. The SMILES string of the molecule is COc1cccc(-n2c(=O)[nH]cc(C(=O)Nc3ccc(F)c(C(F)(F)F)c3)c2=O)c1. The van der Waals surface area contributed by atoms with Crippen molar-refractivity contribution in [2.45, 2.75) is 6.18 Å². The average Bonchev–Trinajstić information content (AvgIpc) is 2.68. The molecular weight excluding hydrogens is 410 g/mol. The van der Waals surface area contributed by atoms with Crippen LogP contribution in [0, 0.1) is 5.82 Å². The summed E-state index contributed by atoms with van der Waals surface area (Å²) in [4.78, 5) is 39.5. The Hall–Kier alpha value is -3.89. The number of carbonyl (C=O) groups is 1. The number of hydrogen-bond acceptors (Lipinski definition) is 4. The molecule has 2 aromatic carbocycles. The fourth-order valence-corrected chi connectivity index (χ4v) is 2.64. The molecule has 0 saturated carbocycles. The highest BCUT2D eigenvalue weighted by Crippen LogP contribution is 2.33. The van der Waals surface area contributed by atoms with Gasteiger partial charge in [-0.2, -0.15) is 13.2 Å². The van der Waals surface area contributed by atoms with Crippen LogP contribution in [0.4, 0.5) is 23.2 Å². The van der Waals surface area contributed by atoms with E-state index in [2.05, 4.69) is 10.3 Å². The first-order valence-electron chi connectivity index (χ1n) is 8.29. The number of hydrogen-bond donors (Lipinski definition) is 2. The van der Waals surface area contributed by atoms with E-state index in [9.17, 15) is 31.9 Å². The summed E-state index contributed by atoms with van der Waals surface area (Å²) < 4.78 is 57.6. The monoisotopic (exact) mass is 423 g/mol. The molecule has 3 aromatic rings. The number of H-pyrrole nitrogens is 1. The third-order valence-electron chi connectivity index (χ3n) is 4.06. The smallest absolute Gasteiger partial charge is 0.419 e. The van der Waals surface area contributed by atoms with E-state index in [-0.39, 0.29) is 11.4 Å². The van der Waals surface area contributed by atoms with E-state index in [1.165, 1.54) is 25.3 Å². The lowest BCUT2D eigenvalue weighted by atomic mass is 10.1. The van der Waals surface area contributed by atoms with Gasteiger partial charge >= 0.3 is 11.9 Å². The first-order valence-corrected chi connectivity index (χ1v) is 8.29. The highest BCUT2D eigenvalue weighted by atomic mass is 19.4. The number of amides is 1. The minimum Gasteiger partial charge on any atom is -0.497 e. The summed E-state index contributed by atoms with van der Waals surface area (Å²) in [6, 6.07) is 7.76. The first kappa shape index (κ1) is 20.8. The fraction of sp³-hybridized carbons (Fsp3) is 0.105. The van der Waals surface area contributed by atoms with Gasteiger partial charge in [0.1, 0.15) is 17.1 Å². The predicted octanol–water partition coefficient (Wildman–Crippen LogP) is 2.94. The zero-order valence-electron chi connectivity index (χ0n) is 15.2. The molecule has 0 unspecified atom stereocenters. The summed E-state index contributed by atoms with van der Waals surface area (Å²) in [6.45, 7) is 0. The van der Waals surface area contributed by atoms with Crippen molar-refractivity contribution in [2.24, 2.45) is 0 Å². The third-order valence-corrected chi connectivity index (χ3v) is 4.06. The molecule has 7 nitrogen and oxygen atoms in total. The minimum atomic E-state index is -4.97. The van der Waals surface area contributed by atoms with Gasteiger partial charge in [-0.25, -0.2) is 13.8 Å². The van der Waals surface area contributed by atoms with E-state index < -0.39 is 40.3 Å². The average molecular weight is 423 g/mol. The lowest BCUT2D eigenvalue weighted by molar-refractivity contribution is -0.139. The van der Waals surface area contributed by atoms with E-state index in [1.54, 1.807) is 6.07 Å². The number of halogens is 4. The third kappa shape index (κ3) is 4.09. The van der Waals surface area contributed by atoms with Crippen LogP contribution < -0.4 is 21.3 Å². The van der Waals surface area contributed by atoms with E-state index in [0.29, 0.717) is 22.4 Å². The Morgan fingerprint density at radius 2 is 1.87 bits per heavy atom. The number of carbonyl (C=O) groups excluding carboxylic acids is 1. The molecule has 0 aliphatic rings. The zero-order chi connectivity index (χ0) is 22.1. The summed E-state index contributed by atoms with van der Waals surface area (Å²) in [5, 5.41) is 2.09. The number of anilines is 1. The van der Waals surface area contributed by atoms with Gasteiger partial charge < -0.3 is 15.0 Å². The molecule has 0 radical (unpaired) electrons. The van der Waals surface area contributed by atoms with Crippen LogP contribution in [0.1, 0.15) is 15.9 Å². The van der Waals surface area contributed by atoms with Crippen molar-refractivity contribution < 1.29 is 27.1 Å². The standard InChI is InChI=1S/C19H13F4N3O4/c1-30-12-4-2-3-11(8-12)26-17(28)13(9-24-18(26)29)16(27)25-10-5-6-15(20)14(7-10)19(21,22)23/h2-9H,1H3,(H,24,29)(H,25,27). The molecule has 0 aliphatic carbocycles. The molecule has 2 N–H and O–H groups in total. The van der Waals surface area contributed by atoms with E-state index in [0.717, 1.165) is 12.3 Å². The van der Waals surface area contributed by atoms with Gasteiger partial charge in [0, 0.05) is 18.0 Å². The molecule has 0 spiro atoms. The van der Waals surface area contributed by atoms with Crippen LogP contribution in [-0.2, 0) is 6.18 Å². The van der Waals surface area contributed by atoms with E-state index in [1.807, 2.05) is 0 Å². The molecule has 156 valence electrons. The van der Waals surface area contributed by atoms with Gasteiger partial charge in [0.2, 0.25) is 0 Å². The van der Waals surface area contributed by atoms with Crippen molar-refractivity contribution in [1.29, 1.82) is 0 Å². The van der Waals surface area contributed by atoms with Crippen molar-refractivity contribution in [1.82, 2.24) is 9.55 Å². The quantitative estimate of drug-likeness (QED) is 0.631. The van der Waals surface area contributed by atoms with Crippen molar-refractivity contribution in [3.63, 3.8) is 0 Å². The largest absolute Gasteiger partial charge is 0.497 e. The highest BCUT2D eigenvalue weighted by molar-refractivity contribution is 6.03. The Labute approximate surface area is 165 Å². The van der Waals surface area contributed by atoms with Gasteiger partial charge in [-0.1, -0.05) is 6.07 Å². The van der Waals surface area contributed by atoms with E-state index >= 15 is 0 Å². The number of nitrogens with one attached hydrogen (secondary N) is 2. The number of nitrogens with zero attached hydrogens (tertiary/aromatic N) is 1. The molecular formula is C19H13F4N3O4. The number of methoxy groups -OCH3 is 1. The van der Waals surface area contributed by atoms with E-state index in [4.69, 9.17) is 4.74 Å². The Morgan fingerprint density at radius 3 is 2.53 bits per heavy atom. The lowest BCUT2D eigenvalue weighted by Gasteiger charge is -2.12. The Bertz CT molecular complexity index is 1230. The second kappa shape index (κ2) is 7.85. The van der Waals surface area contributed by atoms with Gasteiger partial charge in [-0.05, 0) is 30.3 Å². The second-order valence-corrected chi connectivity index (χ2v) is 6.00. The van der Waals surface area contributed by atoms with Crippen LogP contribution in [0.25, 0.3) is 5.69 Å². The summed E-state index contributed by atoms with van der Waals surface area (Å²) >= 11 is 0. The van der Waals surface area contributed by atoms with Crippen LogP contribution in [0.2, 0.25) is 0 Å². The topological polar surface area (TPSA) is 93.2 Å². The number of aromatic amines is 1. The molecule has 1 amide bonds. The molecule has 1 aromatic heterocycles. The number of ether oxygens (including phenoxy) is 1. The highest BCUT2D eigenvalue weighted by Gasteiger charge is 2.34. The first-order chi connectivity index (χ1) is 14.1. The second-order valence-electron chi connectivity index (χ2n) is 6.00. The molecule has 0 aliphatic heterocycles. The lowest BCUT2D eigenvalue weighted by Crippen LogP contribution is -2.38. The summed E-state index contributed by atoms with van der Waals surface area (Å²) in [6.07, 6.45) is -4.13. The van der Waals surface area contributed by atoms with Crippen LogP contribution in [0.5, 0.6) is 5.75 Å². The van der Waals surface area contributed by atoms with Crippen LogP contribution in [-0.4, -0.2) is 22.6 Å². The molecule has 0 bridgehead atoms. The van der Waals surface area contributed by atoms with Crippen LogP contribution in [0.3, 0.4) is 0 Å². The minimum absolute atomic E-state index is 0.108. The number of aromatic nitrogens is 2. The maximum atomic E-state index is 13.4. The summed E-state index contributed by atoms with van der Waals surface area (Å²) in [5.74, 6) is -2.25. The molecule has 0 saturated heterocycles. The number of benzene rings is 2.